The molecule has 1 fully saturated rings. The van der Waals surface area contributed by atoms with Gasteiger partial charge < -0.3 is 10.6 Å². The molecule has 1 atom stereocenters. The van der Waals surface area contributed by atoms with Gasteiger partial charge in [0, 0.05) is 10.2 Å². The van der Waals surface area contributed by atoms with Crippen LogP contribution in [0.4, 0.5) is 15.3 Å². The van der Waals surface area contributed by atoms with Crippen molar-refractivity contribution in [3.63, 3.8) is 0 Å². The molecule has 0 saturated carbocycles. The molecule has 1 saturated heterocycles. The first-order valence-electron chi connectivity index (χ1n) is 8.41. The Hall–Kier alpha value is -2.87. The van der Waals surface area contributed by atoms with Crippen LogP contribution >= 0.6 is 15.9 Å². The van der Waals surface area contributed by atoms with Gasteiger partial charge in [-0.15, -0.1) is 0 Å². The topological polar surface area (TPSA) is 90.5 Å². The second-order valence-electron chi connectivity index (χ2n) is 6.46. The first-order valence-corrected chi connectivity index (χ1v) is 9.20. The Balaban J connectivity index is 1.61. The molecule has 0 aromatic heterocycles. The Morgan fingerprint density at radius 1 is 1.11 bits per heavy atom. The van der Waals surface area contributed by atoms with Crippen LogP contribution < -0.4 is 16.1 Å². The first-order chi connectivity index (χ1) is 12.9. The summed E-state index contributed by atoms with van der Waals surface area (Å²) in [7, 11) is 0. The maximum atomic E-state index is 12.7. The van der Waals surface area contributed by atoms with Crippen LogP contribution in [0.25, 0.3) is 0 Å². The zero-order valence-electron chi connectivity index (χ0n) is 14.7. The zero-order valence-corrected chi connectivity index (χ0v) is 16.2. The lowest BCUT2D eigenvalue weighted by atomic mass is 9.93. The van der Waals surface area contributed by atoms with Crippen LogP contribution in [0, 0.1) is 0 Å². The van der Waals surface area contributed by atoms with Crippen LogP contribution in [0.3, 0.4) is 0 Å². The molecule has 0 radical (unpaired) electrons. The van der Waals surface area contributed by atoms with E-state index in [0.717, 1.165) is 15.0 Å². The molecule has 2 aromatic carbocycles. The Morgan fingerprint density at radius 3 is 2.44 bits per heavy atom. The highest BCUT2D eigenvalue weighted by Gasteiger charge is 2.48. The minimum Gasteiger partial charge on any atom is -0.322 e. The fourth-order valence-electron chi connectivity index (χ4n) is 2.79. The third-order valence-corrected chi connectivity index (χ3v) is 4.86. The molecular weight excluding hydrogens is 412 g/mol. The van der Waals surface area contributed by atoms with Gasteiger partial charge in [-0.2, -0.15) is 5.01 Å². The van der Waals surface area contributed by atoms with Crippen molar-refractivity contribution in [1.29, 1.82) is 0 Å². The van der Waals surface area contributed by atoms with Crippen LogP contribution in [0.5, 0.6) is 0 Å². The van der Waals surface area contributed by atoms with Gasteiger partial charge in [0.15, 0.2) is 0 Å². The first kappa shape index (κ1) is 18.9. The standard InChI is InChI=1S/C19H19BrN4O3/c1-19(12-11-13-5-3-2-4-6-13)16(25)24(18(27)22-19)23-17(26)21-15-9-7-14(20)8-10-15/h2-10H,11-12H2,1H3,(H,22,27)(H2,21,23,26). The van der Waals surface area contributed by atoms with Crippen molar-refractivity contribution in [1.82, 2.24) is 15.8 Å². The normalized spacial score (nSPS) is 19.0. The number of halogens is 1. The third kappa shape index (κ3) is 4.46. The highest BCUT2D eigenvalue weighted by molar-refractivity contribution is 9.10. The van der Waals surface area contributed by atoms with Gasteiger partial charge in [-0.1, -0.05) is 46.3 Å². The number of rotatable bonds is 5. The van der Waals surface area contributed by atoms with E-state index < -0.39 is 23.5 Å². The Bertz CT molecular complexity index is 857. The summed E-state index contributed by atoms with van der Waals surface area (Å²) in [4.78, 5) is 37.0. The molecule has 3 rings (SSSR count). The Labute approximate surface area is 165 Å². The number of hydrazine groups is 1. The molecule has 140 valence electrons. The maximum absolute atomic E-state index is 12.7. The Kier molecular flexibility index (Phi) is 5.46. The lowest BCUT2D eigenvalue weighted by molar-refractivity contribution is -0.132. The summed E-state index contributed by atoms with van der Waals surface area (Å²) in [6.45, 7) is 1.66. The van der Waals surface area contributed by atoms with Gasteiger partial charge in [-0.05, 0) is 49.6 Å². The van der Waals surface area contributed by atoms with Crippen molar-refractivity contribution in [2.45, 2.75) is 25.3 Å². The van der Waals surface area contributed by atoms with Crippen LogP contribution in [0.1, 0.15) is 18.9 Å². The molecule has 0 bridgehead atoms. The number of nitrogens with one attached hydrogen (secondary N) is 3. The van der Waals surface area contributed by atoms with E-state index in [9.17, 15) is 14.4 Å². The molecule has 0 aliphatic carbocycles. The summed E-state index contributed by atoms with van der Waals surface area (Å²) >= 11 is 3.31. The van der Waals surface area contributed by atoms with Crippen LogP contribution in [-0.2, 0) is 11.2 Å². The molecule has 5 amide bonds. The molecule has 7 nitrogen and oxygen atoms in total. The molecule has 1 unspecified atom stereocenters. The van der Waals surface area contributed by atoms with E-state index in [4.69, 9.17) is 0 Å². The largest absolute Gasteiger partial charge is 0.344 e. The van der Waals surface area contributed by atoms with Gasteiger partial charge in [0.1, 0.15) is 5.54 Å². The van der Waals surface area contributed by atoms with Crippen LogP contribution in [-0.4, -0.2) is 28.5 Å². The fraction of sp³-hybridized carbons (Fsp3) is 0.211. The number of carbonyl (C=O) groups excluding carboxylic acids is 3. The van der Waals surface area contributed by atoms with Crippen LogP contribution in [0.15, 0.2) is 59.1 Å². The van der Waals surface area contributed by atoms with Gasteiger partial charge in [0.25, 0.3) is 5.91 Å². The molecule has 27 heavy (non-hydrogen) atoms. The molecule has 1 heterocycles. The average Bonchev–Trinajstić information content (AvgIpc) is 2.86. The fourth-order valence-corrected chi connectivity index (χ4v) is 3.05. The second kappa shape index (κ2) is 7.79. The van der Waals surface area contributed by atoms with Crippen molar-refractivity contribution < 1.29 is 14.4 Å². The monoisotopic (exact) mass is 430 g/mol. The second-order valence-corrected chi connectivity index (χ2v) is 7.38. The number of carbonyl (C=O) groups is 3. The Morgan fingerprint density at radius 2 is 1.78 bits per heavy atom. The number of aryl methyl sites for hydroxylation is 1. The minimum absolute atomic E-state index is 0.425. The van der Waals surface area contributed by atoms with E-state index in [1.54, 1.807) is 31.2 Å². The number of hydrogen-bond donors (Lipinski definition) is 3. The van der Waals surface area contributed by atoms with Crippen molar-refractivity contribution in [2.24, 2.45) is 0 Å². The van der Waals surface area contributed by atoms with E-state index in [1.807, 2.05) is 30.3 Å². The number of urea groups is 2. The molecule has 8 heteroatoms. The van der Waals surface area contributed by atoms with Gasteiger partial charge in [0.05, 0.1) is 0 Å². The molecular formula is C19H19BrN4O3. The summed E-state index contributed by atoms with van der Waals surface area (Å²) in [5.41, 5.74) is 2.84. The van der Waals surface area contributed by atoms with E-state index in [0.29, 0.717) is 18.5 Å². The van der Waals surface area contributed by atoms with Crippen molar-refractivity contribution in [2.75, 3.05) is 5.32 Å². The summed E-state index contributed by atoms with van der Waals surface area (Å²) in [5.74, 6) is -0.491. The average molecular weight is 431 g/mol. The van der Waals surface area contributed by atoms with Crippen molar-refractivity contribution in [3.8, 4) is 0 Å². The molecule has 0 spiro atoms. The number of hydrogen-bond acceptors (Lipinski definition) is 3. The number of imide groups is 1. The summed E-state index contributed by atoms with van der Waals surface area (Å²) in [6, 6.07) is 15.3. The molecule has 3 N–H and O–H groups in total. The van der Waals surface area contributed by atoms with E-state index in [2.05, 4.69) is 32.0 Å². The lowest BCUT2D eigenvalue weighted by Crippen LogP contribution is -2.50. The van der Waals surface area contributed by atoms with Gasteiger partial charge in [0.2, 0.25) is 0 Å². The quantitative estimate of drug-likeness (QED) is 0.634. The minimum atomic E-state index is -1.07. The maximum Gasteiger partial charge on any atom is 0.344 e. The van der Waals surface area contributed by atoms with Gasteiger partial charge in [-0.3, -0.25) is 4.79 Å². The van der Waals surface area contributed by atoms with Gasteiger partial charge in [-0.25, -0.2) is 15.0 Å². The lowest BCUT2D eigenvalue weighted by Gasteiger charge is -2.21. The van der Waals surface area contributed by atoms with Crippen molar-refractivity contribution >= 4 is 39.6 Å². The predicted octanol–water partition coefficient (Wildman–Crippen LogP) is 3.43. The molecule has 2 aromatic rings. The number of nitrogens with zero attached hydrogens (tertiary/aromatic N) is 1. The molecule has 1 aliphatic rings. The third-order valence-electron chi connectivity index (χ3n) is 4.33. The predicted molar refractivity (Wildman–Crippen MR) is 105 cm³/mol. The van der Waals surface area contributed by atoms with E-state index in [1.165, 1.54) is 0 Å². The van der Waals surface area contributed by atoms with Crippen LogP contribution in [0.2, 0.25) is 0 Å². The van der Waals surface area contributed by atoms with Crippen molar-refractivity contribution in [3.05, 3.63) is 64.6 Å². The number of amides is 5. The number of benzene rings is 2. The summed E-state index contributed by atoms with van der Waals surface area (Å²) in [6.07, 6.45) is 1.05. The van der Waals surface area contributed by atoms with Gasteiger partial charge >= 0.3 is 12.1 Å². The smallest absolute Gasteiger partial charge is 0.322 e. The summed E-state index contributed by atoms with van der Waals surface area (Å²) < 4.78 is 0.872. The number of anilines is 1. The highest BCUT2D eigenvalue weighted by Crippen LogP contribution is 2.22. The SMILES string of the molecule is CC1(CCc2ccccc2)NC(=O)N(NC(=O)Nc2ccc(Br)cc2)C1=O. The summed E-state index contributed by atoms with van der Waals surface area (Å²) in [5, 5.41) is 5.96. The highest BCUT2D eigenvalue weighted by atomic mass is 79.9. The molecule has 1 aliphatic heterocycles. The zero-order chi connectivity index (χ0) is 19.4. The van der Waals surface area contributed by atoms with E-state index >= 15 is 0 Å². The van der Waals surface area contributed by atoms with E-state index in [-0.39, 0.29) is 0 Å².